The molecule has 1 N–H and O–H groups in total. The van der Waals surface area contributed by atoms with Crippen LogP contribution in [0.5, 0.6) is 0 Å². The van der Waals surface area contributed by atoms with Gasteiger partial charge in [0.25, 0.3) is 5.91 Å². The van der Waals surface area contributed by atoms with E-state index in [4.69, 9.17) is 0 Å². The van der Waals surface area contributed by atoms with Crippen molar-refractivity contribution in [2.45, 2.75) is 26.3 Å². The Hall–Kier alpha value is -2.80. The first kappa shape index (κ1) is 17.3. The van der Waals surface area contributed by atoms with Gasteiger partial charge in [-0.05, 0) is 54.6 Å². The van der Waals surface area contributed by atoms with Crippen molar-refractivity contribution in [3.63, 3.8) is 0 Å². The van der Waals surface area contributed by atoms with Gasteiger partial charge < -0.3 is 10.2 Å². The van der Waals surface area contributed by atoms with Gasteiger partial charge in [-0.15, -0.1) is 0 Å². The molecule has 1 saturated heterocycles. The van der Waals surface area contributed by atoms with E-state index in [0.29, 0.717) is 18.2 Å². The summed E-state index contributed by atoms with van der Waals surface area (Å²) in [4.78, 5) is 23.8. The largest absolute Gasteiger partial charge is 0.339 e. The van der Waals surface area contributed by atoms with Crippen LogP contribution in [0.4, 0.5) is 5.69 Å². The quantitative estimate of drug-likeness (QED) is 0.718. The lowest BCUT2D eigenvalue weighted by atomic mass is 9.99. The molecule has 7 heteroatoms. The smallest absolute Gasteiger partial charge is 0.274 e. The summed E-state index contributed by atoms with van der Waals surface area (Å²) >= 11 is 1.37. The van der Waals surface area contributed by atoms with Crippen molar-refractivity contribution in [1.82, 2.24) is 14.3 Å². The molecule has 0 radical (unpaired) electrons. The SMILES string of the molecule is CC1CCN(C(=O)c2nsc3cc(NC4=NCc5cccnc54)ccc23)CC1. The molecule has 0 spiro atoms. The summed E-state index contributed by atoms with van der Waals surface area (Å²) in [6.07, 6.45) is 3.92. The van der Waals surface area contributed by atoms with E-state index in [1.165, 1.54) is 11.5 Å². The molecule has 2 aliphatic heterocycles. The number of nitrogens with zero attached hydrogens (tertiary/aromatic N) is 4. The molecule has 0 saturated carbocycles. The number of pyridine rings is 1. The molecule has 1 amide bonds. The summed E-state index contributed by atoms with van der Waals surface area (Å²) in [5.74, 6) is 1.54. The Morgan fingerprint density at radius 1 is 1.25 bits per heavy atom. The average Bonchev–Trinajstić information content (AvgIpc) is 3.32. The number of piperidine rings is 1. The topological polar surface area (TPSA) is 70.5 Å². The van der Waals surface area contributed by atoms with Crippen LogP contribution >= 0.6 is 11.5 Å². The fourth-order valence-corrected chi connectivity index (χ4v) is 4.59. The maximum absolute atomic E-state index is 12.9. The van der Waals surface area contributed by atoms with Gasteiger partial charge in [-0.2, -0.15) is 4.37 Å². The van der Waals surface area contributed by atoms with Gasteiger partial charge in [0.05, 0.1) is 11.2 Å². The number of fused-ring (bicyclic) bond motifs is 2. The van der Waals surface area contributed by atoms with Crippen molar-refractivity contribution >= 4 is 39.0 Å². The van der Waals surface area contributed by atoms with E-state index in [2.05, 4.69) is 26.6 Å². The molecule has 1 aromatic carbocycles. The highest BCUT2D eigenvalue weighted by molar-refractivity contribution is 7.13. The molecule has 2 aliphatic rings. The molecule has 5 rings (SSSR count). The molecule has 4 heterocycles. The standard InChI is InChI=1S/C21H21N5OS/c1-13-6-9-26(10-7-13)21(27)19-16-5-4-15(11-17(16)28-25-19)24-20-18-14(12-23-20)3-2-8-22-18/h2-5,8,11,13H,6-7,9-10,12H2,1H3,(H,23,24). The number of amides is 1. The monoisotopic (exact) mass is 391 g/mol. The molecule has 1 fully saturated rings. The zero-order chi connectivity index (χ0) is 19.1. The second-order valence-corrected chi connectivity index (χ2v) is 8.32. The highest BCUT2D eigenvalue weighted by Gasteiger charge is 2.25. The predicted molar refractivity (Wildman–Crippen MR) is 112 cm³/mol. The number of benzene rings is 1. The molecular formula is C21H21N5OS. The fraction of sp³-hybridized carbons (Fsp3) is 0.333. The van der Waals surface area contributed by atoms with E-state index in [1.807, 2.05) is 35.2 Å². The van der Waals surface area contributed by atoms with Gasteiger partial charge in [-0.25, -0.2) is 0 Å². The summed E-state index contributed by atoms with van der Waals surface area (Å²) in [6, 6.07) is 9.98. The van der Waals surface area contributed by atoms with Crippen LogP contribution in [0.1, 0.15) is 41.5 Å². The van der Waals surface area contributed by atoms with Crippen LogP contribution in [0.25, 0.3) is 10.1 Å². The van der Waals surface area contributed by atoms with Crippen LogP contribution in [0.15, 0.2) is 41.5 Å². The maximum atomic E-state index is 12.9. The number of carbonyl (C=O) groups excluding carboxylic acids is 1. The number of carbonyl (C=O) groups is 1. The second-order valence-electron chi connectivity index (χ2n) is 7.52. The summed E-state index contributed by atoms with van der Waals surface area (Å²) in [7, 11) is 0. The number of amidine groups is 1. The van der Waals surface area contributed by atoms with Gasteiger partial charge in [0.2, 0.25) is 0 Å². The summed E-state index contributed by atoms with van der Waals surface area (Å²) in [5, 5.41) is 4.29. The molecule has 0 aliphatic carbocycles. The number of aromatic nitrogens is 2. The highest BCUT2D eigenvalue weighted by atomic mass is 32.1. The van der Waals surface area contributed by atoms with Crippen LogP contribution in [0.2, 0.25) is 0 Å². The van der Waals surface area contributed by atoms with Crippen molar-refractivity contribution in [1.29, 1.82) is 0 Å². The average molecular weight is 392 g/mol. The number of anilines is 1. The third kappa shape index (κ3) is 3.05. The summed E-state index contributed by atoms with van der Waals surface area (Å²) < 4.78 is 5.48. The zero-order valence-corrected chi connectivity index (χ0v) is 16.5. The van der Waals surface area contributed by atoms with Crippen LogP contribution in [0.3, 0.4) is 0 Å². The number of aliphatic imine (C=N–C) groups is 1. The van der Waals surface area contributed by atoms with E-state index < -0.39 is 0 Å². The minimum atomic E-state index is 0.0529. The molecule has 3 aromatic rings. The molecule has 2 aromatic heterocycles. The number of nitrogens with one attached hydrogen (secondary N) is 1. The first-order chi connectivity index (χ1) is 13.7. The van der Waals surface area contributed by atoms with Crippen molar-refractivity contribution in [2.75, 3.05) is 18.4 Å². The van der Waals surface area contributed by atoms with Crippen LogP contribution in [-0.4, -0.2) is 39.1 Å². The lowest BCUT2D eigenvalue weighted by molar-refractivity contribution is 0.0694. The molecule has 0 atom stereocenters. The lowest BCUT2D eigenvalue weighted by Gasteiger charge is -2.29. The van der Waals surface area contributed by atoms with Gasteiger partial charge in [0.1, 0.15) is 11.4 Å². The molecule has 0 bridgehead atoms. The maximum Gasteiger partial charge on any atom is 0.274 e. The van der Waals surface area contributed by atoms with Crippen molar-refractivity contribution < 1.29 is 4.79 Å². The number of likely N-dealkylation sites (tertiary alicyclic amines) is 1. The Morgan fingerprint density at radius 3 is 2.96 bits per heavy atom. The van der Waals surface area contributed by atoms with E-state index in [-0.39, 0.29) is 5.91 Å². The molecular weight excluding hydrogens is 370 g/mol. The number of hydrogen-bond donors (Lipinski definition) is 1. The summed E-state index contributed by atoms with van der Waals surface area (Å²) in [6.45, 7) is 4.55. The predicted octanol–water partition coefficient (Wildman–Crippen LogP) is 3.94. The number of hydrogen-bond acceptors (Lipinski definition) is 6. The first-order valence-corrected chi connectivity index (χ1v) is 10.4. The van der Waals surface area contributed by atoms with E-state index in [1.54, 1.807) is 6.20 Å². The minimum absolute atomic E-state index is 0.0529. The van der Waals surface area contributed by atoms with Gasteiger partial charge >= 0.3 is 0 Å². The van der Waals surface area contributed by atoms with Crippen molar-refractivity contribution in [3.05, 3.63) is 53.5 Å². The Morgan fingerprint density at radius 2 is 2.11 bits per heavy atom. The molecule has 0 unspecified atom stereocenters. The van der Waals surface area contributed by atoms with E-state index >= 15 is 0 Å². The van der Waals surface area contributed by atoms with Gasteiger partial charge in [-0.1, -0.05) is 13.0 Å². The van der Waals surface area contributed by atoms with Gasteiger partial charge in [0.15, 0.2) is 5.84 Å². The molecule has 6 nitrogen and oxygen atoms in total. The Bertz CT molecular complexity index is 1080. The fourth-order valence-electron chi connectivity index (χ4n) is 3.78. The van der Waals surface area contributed by atoms with Crippen LogP contribution in [0, 0.1) is 5.92 Å². The Labute approximate surface area is 167 Å². The van der Waals surface area contributed by atoms with Crippen molar-refractivity contribution in [2.24, 2.45) is 10.9 Å². The second kappa shape index (κ2) is 6.98. The van der Waals surface area contributed by atoms with Gasteiger partial charge in [-0.3, -0.25) is 14.8 Å². The molecule has 28 heavy (non-hydrogen) atoms. The van der Waals surface area contributed by atoms with Gasteiger partial charge in [0, 0.05) is 35.9 Å². The first-order valence-electron chi connectivity index (χ1n) is 9.63. The third-order valence-electron chi connectivity index (χ3n) is 5.53. The third-order valence-corrected chi connectivity index (χ3v) is 6.34. The normalized spacial score (nSPS) is 16.9. The van der Waals surface area contributed by atoms with E-state index in [0.717, 1.165) is 58.8 Å². The zero-order valence-electron chi connectivity index (χ0n) is 15.7. The lowest BCUT2D eigenvalue weighted by Crippen LogP contribution is -2.38. The number of rotatable bonds is 2. The van der Waals surface area contributed by atoms with Crippen molar-refractivity contribution in [3.8, 4) is 0 Å². The van der Waals surface area contributed by atoms with Crippen LogP contribution in [-0.2, 0) is 6.54 Å². The summed E-state index contributed by atoms with van der Waals surface area (Å²) in [5.41, 5.74) is 3.54. The Kier molecular flexibility index (Phi) is 4.31. The highest BCUT2D eigenvalue weighted by Crippen LogP contribution is 2.29. The minimum Gasteiger partial charge on any atom is -0.339 e. The Balaban J connectivity index is 1.38. The van der Waals surface area contributed by atoms with Crippen LogP contribution < -0.4 is 5.32 Å². The molecule has 142 valence electrons. The van der Waals surface area contributed by atoms with E-state index in [9.17, 15) is 4.79 Å².